The van der Waals surface area contributed by atoms with Crippen molar-refractivity contribution >= 4 is 10.9 Å². The van der Waals surface area contributed by atoms with Gasteiger partial charge in [0.25, 0.3) is 0 Å². The van der Waals surface area contributed by atoms with E-state index >= 15 is 0 Å². The zero-order valence-electron chi connectivity index (χ0n) is 12.3. The second-order valence-electron chi connectivity index (χ2n) is 6.23. The van der Waals surface area contributed by atoms with Crippen LogP contribution in [-0.4, -0.2) is 29.5 Å². The average molecular weight is 269 g/mol. The Morgan fingerprint density at radius 1 is 1.30 bits per heavy atom. The van der Waals surface area contributed by atoms with Crippen LogP contribution in [0.3, 0.4) is 0 Å². The summed E-state index contributed by atoms with van der Waals surface area (Å²) in [6.45, 7) is 4.19. The molecule has 0 spiro atoms. The number of aromatic nitrogens is 1. The van der Waals surface area contributed by atoms with Crippen LogP contribution >= 0.6 is 0 Å². The van der Waals surface area contributed by atoms with Crippen molar-refractivity contribution < 1.29 is 0 Å². The number of para-hydroxylation sites is 1. The summed E-state index contributed by atoms with van der Waals surface area (Å²) < 4.78 is 0. The van der Waals surface area contributed by atoms with E-state index in [0.29, 0.717) is 6.04 Å². The molecule has 20 heavy (non-hydrogen) atoms. The van der Waals surface area contributed by atoms with Gasteiger partial charge in [-0.25, -0.2) is 0 Å². The summed E-state index contributed by atoms with van der Waals surface area (Å²) in [5.74, 6) is 0.782. The summed E-state index contributed by atoms with van der Waals surface area (Å²) >= 11 is 0. The highest BCUT2D eigenvalue weighted by Crippen LogP contribution is 2.27. The van der Waals surface area contributed by atoms with Crippen LogP contribution in [0.2, 0.25) is 0 Å². The van der Waals surface area contributed by atoms with E-state index in [1.165, 1.54) is 23.8 Å². The Bertz CT molecular complexity index is 602. The molecule has 3 nitrogen and oxygen atoms in total. The van der Waals surface area contributed by atoms with Crippen LogP contribution in [-0.2, 0) is 6.54 Å². The van der Waals surface area contributed by atoms with E-state index in [2.05, 4.69) is 54.2 Å². The van der Waals surface area contributed by atoms with Gasteiger partial charge in [0.05, 0.1) is 5.52 Å². The number of rotatable bonds is 4. The molecular formula is C17H23N3. The molecule has 1 saturated carbocycles. The molecule has 106 valence electrons. The van der Waals surface area contributed by atoms with E-state index < -0.39 is 0 Å². The Labute approximate surface area is 120 Å². The molecule has 1 aromatic heterocycles. The summed E-state index contributed by atoms with van der Waals surface area (Å²) in [5, 5.41) is 1.27. The highest BCUT2D eigenvalue weighted by atomic mass is 15.1. The molecule has 0 radical (unpaired) electrons. The van der Waals surface area contributed by atoms with Gasteiger partial charge < -0.3 is 10.6 Å². The molecule has 0 atom stereocenters. The third kappa shape index (κ3) is 2.84. The quantitative estimate of drug-likeness (QED) is 0.928. The van der Waals surface area contributed by atoms with Crippen LogP contribution in [0, 0.1) is 12.8 Å². The lowest BCUT2D eigenvalue weighted by Crippen LogP contribution is -2.41. The summed E-state index contributed by atoms with van der Waals surface area (Å²) in [6, 6.07) is 11.1. The molecule has 0 unspecified atom stereocenters. The first-order valence-corrected chi connectivity index (χ1v) is 7.41. The first kappa shape index (κ1) is 13.5. The molecule has 0 amide bonds. The first-order valence-electron chi connectivity index (χ1n) is 7.41. The van der Waals surface area contributed by atoms with Crippen molar-refractivity contribution in [2.45, 2.75) is 32.4 Å². The van der Waals surface area contributed by atoms with Crippen LogP contribution in [0.25, 0.3) is 10.9 Å². The minimum atomic E-state index is 0.442. The van der Waals surface area contributed by atoms with Gasteiger partial charge in [0, 0.05) is 30.2 Å². The van der Waals surface area contributed by atoms with Gasteiger partial charge in [-0.3, -0.25) is 4.98 Å². The van der Waals surface area contributed by atoms with E-state index in [1.807, 2.05) is 0 Å². The standard InChI is InChI=1S/C17H23N3/c1-12-7-14(16-5-3-4-6-17(16)19-12)11-20(2)10-13-8-15(18)9-13/h3-7,13,15H,8-11,18H2,1-2H3. The van der Waals surface area contributed by atoms with Crippen molar-refractivity contribution in [3.63, 3.8) is 0 Å². The largest absolute Gasteiger partial charge is 0.328 e. The van der Waals surface area contributed by atoms with Crippen molar-refractivity contribution in [2.75, 3.05) is 13.6 Å². The zero-order valence-corrected chi connectivity index (χ0v) is 12.3. The summed E-state index contributed by atoms with van der Waals surface area (Å²) in [5.41, 5.74) is 9.43. The minimum absolute atomic E-state index is 0.442. The number of nitrogens with zero attached hydrogens (tertiary/aromatic N) is 2. The van der Waals surface area contributed by atoms with Gasteiger partial charge in [0.2, 0.25) is 0 Å². The molecule has 1 aromatic carbocycles. The predicted molar refractivity (Wildman–Crippen MR) is 83.5 cm³/mol. The predicted octanol–water partition coefficient (Wildman–Crippen LogP) is 2.71. The molecule has 3 rings (SSSR count). The van der Waals surface area contributed by atoms with Gasteiger partial charge in [-0.2, -0.15) is 0 Å². The third-order valence-electron chi connectivity index (χ3n) is 4.21. The van der Waals surface area contributed by atoms with Crippen molar-refractivity contribution in [3.8, 4) is 0 Å². The monoisotopic (exact) mass is 269 g/mol. The number of fused-ring (bicyclic) bond motifs is 1. The van der Waals surface area contributed by atoms with Gasteiger partial charge in [0.15, 0.2) is 0 Å². The van der Waals surface area contributed by atoms with Crippen molar-refractivity contribution in [3.05, 3.63) is 41.6 Å². The van der Waals surface area contributed by atoms with E-state index in [9.17, 15) is 0 Å². The third-order valence-corrected chi connectivity index (χ3v) is 4.21. The number of hydrogen-bond donors (Lipinski definition) is 1. The second kappa shape index (κ2) is 5.51. The van der Waals surface area contributed by atoms with Crippen LogP contribution < -0.4 is 5.73 Å². The summed E-state index contributed by atoms with van der Waals surface area (Å²) in [7, 11) is 2.20. The first-order chi connectivity index (χ1) is 9.61. The Morgan fingerprint density at radius 2 is 2.05 bits per heavy atom. The maximum absolute atomic E-state index is 5.86. The molecule has 3 heteroatoms. The Balaban J connectivity index is 1.76. The fourth-order valence-electron chi connectivity index (χ4n) is 3.26. The molecule has 2 aromatic rings. The maximum atomic E-state index is 5.86. The average Bonchev–Trinajstić information content (AvgIpc) is 2.36. The fraction of sp³-hybridized carbons (Fsp3) is 0.471. The van der Waals surface area contributed by atoms with E-state index in [1.54, 1.807) is 0 Å². The lowest BCUT2D eigenvalue weighted by molar-refractivity contribution is 0.178. The van der Waals surface area contributed by atoms with E-state index in [0.717, 1.165) is 30.2 Å². The van der Waals surface area contributed by atoms with Crippen LogP contribution in [0.5, 0.6) is 0 Å². The van der Waals surface area contributed by atoms with Crippen LogP contribution in [0.15, 0.2) is 30.3 Å². The number of nitrogens with two attached hydrogens (primary N) is 1. The van der Waals surface area contributed by atoms with Crippen molar-refractivity contribution in [1.29, 1.82) is 0 Å². The summed E-state index contributed by atoms with van der Waals surface area (Å²) in [4.78, 5) is 7.02. The molecule has 0 saturated heterocycles. The lowest BCUT2D eigenvalue weighted by atomic mass is 9.80. The van der Waals surface area contributed by atoms with Gasteiger partial charge in [0.1, 0.15) is 0 Å². The molecule has 0 aliphatic heterocycles. The Kier molecular flexibility index (Phi) is 3.72. The lowest BCUT2D eigenvalue weighted by Gasteiger charge is -2.35. The highest BCUT2D eigenvalue weighted by molar-refractivity contribution is 5.82. The Hall–Kier alpha value is -1.45. The van der Waals surface area contributed by atoms with E-state index in [-0.39, 0.29) is 0 Å². The zero-order chi connectivity index (χ0) is 14.1. The molecule has 1 heterocycles. The highest BCUT2D eigenvalue weighted by Gasteiger charge is 2.26. The molecular weight excluding hydrogens is 246 g/mol. The summed E-state index contributed by atoms with van der Waals surface area (Å²) in [6.07, 6.45) is 2.36. The smallest absolute Gasteiger partial charge is 0.0708 e. The maximum Gasteiger partial charge on any atom is 0.0708 e. The normalized spacial score (nSPS) is 22.2. The van der Waals surface area contributed by atoms with Gasteiger partial charge in [-0.05, 0) is 50.4 Å². The number of pyridine rings is 1. The fourth-order valence-corrected chi connectivity index (χ4v) is 3.26. The van der Waals surface area contributed by atoms with Crippen LogP contribution in [0.1, 0.15) is 24.1 Å². The minimum Gasteiger partial charge on any atom is -0.328 e. The molecule has 2 N–H and O–H groups in total. The molecule has 1 aliphatic carbocycles. The van der Waals surface area contributed by atoms with Gasteiger partial charge >= 0.3 is 0 Å². The SMILES string of the molecule is Cc1cc(CN(C)CC2CC(N)C2)c2ccccc2n1. The number of aryl methyl sites for hydroxylation is 1. The van der Waals surface area contributed by atoms with Crippen molar-refractivity contribution in [2.24, 2.45) is 11.7 Å². The molecule has 1 fully saturated rings. The van der Waals surface area contributed by atoms with Crippen LogP contribution in [0.4, 0.5) is 0 Å². The number of hydrogen-bond acceptors (Lipinski definition) is 3. The van der Waals surface area contributed by atoms with Crippen molar-refractivity contribution in [1.82, 2.24) is 9.88 Å². The van der Waals surface area contributed by atoms with Gasteiger partial charge in [-0.15, -0.1) is 0 Å². The molecule has 1 aliphatic rings. The van der Waals surface area contributed by atoms with Gasteiger partial charge in [-0.1, -0.05) is 18.2 Å². The Morgan fingerprint density at radius 3 is 2.80 bits per heavy atom. The van der Waals surface area contributed by atoms with E-state index in [4.69, 9.17) is 5.73 Å². The second-order valence-corrected chi connectivity index (χ2v) is 6.23. The molecule has 0 bridgehead atoms. The topological polar surface area (TPSA) is 42.1 Å². The number of benzene rings is 1.